The predicted molar refractivity (Wildman–Crippen MR) is 136 cm³/mol. The number of carbonyl (C=O) groups is 1. The van der Waals surface area contributed by atoms with Crippen LogP contribution in [0.25, 0.3) is 0 Å². The second-order valence-corrected chi connectivity index (χ2v) is 11.8. The highest BCUT2D eigenvalue weighted by Gasteiger charge is 2.24. The monoisotopic (exact) mass is 541 g/mol. The van der Waals surface area contributed by atoms with Gasteiger partial charge >= 0.3 is 0 Å². The molecule has 0 saturated heterocycles. The molecule has 0 bridgehead atoms. The van der Waals surface area contributed by atoms with Crippen molar-refractivity contribution in [2.75, 3.05) is 27.1 Å². The van der Waals surface area contributed by atoms with Crippen molar-refractivity contribution in [3.05, 3.63) is 82.3 Å². The number of benzene rings is 3. The Hall–Kier alpha value is -2.79. The van der Waals surface area contributed by atoms with Gasteiger partial charge in [-0.1, -0.05) is 41.4 Å². The maximum Gasteiger partial charge on any atom is 0.261 e. The molecule has 3 rings (SSSR count). The van der Waals surface area contributed by atoms with Gasteiger partial charge in [-0.05, 0) is 61.0 Å². The van der Waals surface area contributed by atoms with Crippen molar-refractivity contribution in [3.8, 4) is 0 Å². The lowest BCUT2D eigenvalue weighted by Gasteiger charge is -2.23. The Morgan fingerprint density at radius 2 is 1.56 bits per heavy atom. The molecule has 0 unspecified atom stereocenters. The third-order valence-corrected chi connectivity index (χ3v) is 7.94. The number of rotatable bonds is 8. The number of hydrogen-bond acceptors (Lipinski definition) is 5. The Balaban J connectivity index is 1.74. The summed E-state index contributed by atoms with van der Waals surface area (Å²) in [6, 6.07) is 16.8. The van der Waals surface area contributed by atoms with Crippen LogP contribution in [0.4, 0.5) is 17.1 Å². The third-order valence-electron chi connectivity index (χ3n) is 4.61. The van der Waals surface area contributed by atoms with E-state index in [1.54, 1.807) is 18.2 Å². The van der Waals surface area contributed by atoms with E-state index in [4.69, 9.17) is 23.2 Å². The van der Waals surface area contributed by atoms with Gasteiger partial charge in [0.2, 0.25) is 15.9 Å². The fraction of sp³-hybridized carbons (Fsp3) is 0.136. The second kappa shape index (κ2) is 10.2. The molecular weight excluding hydrogens is 521 g/mol. The number of aryl methyl sites for hydroxylation is 1. The molecule has 12 heteroatoms. The van der Waals surface area contributed by atoms with Gasteiger partial charge in [-0.2, -0.15) is 0 Å². The van der Waals surface area contributed by atoms with E-state index >= 15 is 0 Å². The summed E-state index contributed by atoms with van der Waals surface area (Å²) in [7, 11) is -7.70. The van der Waals surface area contributed by atoms with E-state index in [1.165, 1.54) is 42.5 Å². The molecule has 0 aromatic heterocycles. The standard InChI is InChI=1S/C22H21Cl2N3O5S2/c1-15-5-3-6-17(13-15)26-34(31,32)18-11-9-16(10-12-18)25-21(28)14-27(33(2,29)30)20-8-4-7-19(23)22(20)24/h3-13,26H,14H2,1-2H3,(H,25,28). The van der Waals surface area contributed by atoms with Crippen molar-refractivity contribution in [1.82, 2.24) is 0 Å². The van der Waals surface area contributed by atoms with E-state index in [-0.39, 0.29) is 26.3 Å². The van der Waals surface area contributed by atoms with Gasteiger partial charge in [-0.15, -0.1) is 0 Å². The zero-order valence-corrected chi connectivity index (χ0v) is 21.3. The number of carbonyl (C=O) groups excluding carboxylic acids is 1. The highest BCUT2D eigenvalue weighted by molar-refractivity contribution is 7.92. The van der Waals surface area contributed by atoms with Gasteiger partial charge in [-0.25, -0.2) is 16.8 Å². The zero-order chi connectivity index (χ0) is 25.1. The van der Waals surface area contributed by atoms with Crippen molar-refractivity contribution < 1.29 is 21.6 Å². The molecule has 0 saturated carbocycles. The summed E-state index contributed by atoms with van der Waals surface area (Å²) in [5.41, 5.74) is 1.68. The summed E-state index contributed by atoms with van der Waals surface area (Å²) in [4.78, 5) is 12.6. The quantitative estimate of drug-likeness (QED) is 0.435. The second-order valence-electron chi connectivity index (χ2n) is 7.39. The van der Waals surface area contributed by atoms with E-state index in [0.29, 0.717) is 5.69 Å². The van der Waals surface area contributed by atoms with Crippen LogP contribution >= 0.6 is 23.2 Å². The summed E-state index contributed by atoms with van der Waals surface area (Å²) in [6.07, 6.45) is 0.943. The fourth-order valence-electron chi connectivity index (χ4n) is 3.04. The lowest BCUT2D eigenvalue weighted by atomic mass is 10.2. The SMILES string of the molecule is Cc1cccc(NS(=O)(=O)c2ccc(NC(=O)CN(c3cccc(Cl)c3Cl)S(C)(=O)=O)cc2)c1. The first-order chi connectivity index (χ1) is 15.9. The Bertz CT molecular complexity index is 1430. The van der Waals surface area contributed by atoms with Crippen molar-refractivity contribution in [2.45, 2.75) is 11.8 Å². The van der Waals surface area contributed by atoms with Crippen LogP contribution < -0.4 is 14.3 Å². The number of hydrogen-bond donors (Lipinski definition) is 2. The fourth-order valence-corrected chi connectivity index (χ4v) is 5.40. The molecule has 1 amide bonds. The maximum atomic E-state index is 12.6. The summed E-state index contributed by atoms with van der Waals surface area (Å²) in [5.74, 6) is -0.657. The van der Waals surface area contributed by atoms with Crippen LogP contribution in [0.15, 0.2) is 71.6 Å². The van der Waals surface area contributed by atoms with E-state index in [9.17, 15) is 21.6 Å². The number of nitrogens with zero attached hydrogens (tertiary/aromatic N) is 1. The van der Waals surface area contributed by atoms with E-state index in [2.05, 4.69) is 10.0 Å². The molecule has 0 aliphatic carbocycles. The Kier molecular flexibility index (Phi) is 7.77. The molecule has 0 radical (unpaired) electrons. The van der Waals surface area contributed by atoms with E-state index in [0.717, 1.165) is 16.1 Å². The summed E-state index contributed by atoms with van der Waals surface area (Å²) in [6.45, 7) is 1.29. The number of halogens is 2. The molecule has 0 atom stereocenters. The molecule has 0 heterocycles. The lowest BCUT2D eigenvalue weighted by molar-refractivity contribution is -0.114. The molecule has 0 aliphatic rings. The number of sulfonamides is 2. The largest absolute Gasteiger partial charge is 0.325 e. The first-order valence-corrected chi connectivity index (χ1v) is 13.9. The molecule has 0 fully saturated rings. The van der Waals surface area contributed by atoms with Crippen LogP contribution in [0, 0.1) is 6.92 Å². The van der Waals surface area contributed by atoms with Crippen molar-refractivity contribution in [2.24, 2.45) is 0 Å². The highest BCUT2D eigenvalue weighted by Crippen LogP contribution is 2.33. The van der Waals surface area contributed by atoms with Crippen LogP contribution in [0.3, 0.4) is 0 Å². The number of anilines is 3. The van der Waals surface area contributed by atoms with Crippen LogP contribution in [-0.4, -0.2) is 35.5 Å². The van der Waals surface area contributed by atoms with Gasteiger partial charge in [0, 0.05) is 11.4 Å². The van der Waals surface area contributed by atoms with Crippen LogP contribution in [0.5, 0.6) is 0 Å². The van der Waals surface area contributed by atoms with Crippen molar-refractivity contribution in [1.29, 1.82) is 0 Å². The third kappa shape index (κ3) is 6.41. The molecule has 0 aliphatic heterocycles. The smallest absolute Gasteiger partial charge is 0.261 e. The van der Waals surface area contributed by atoms with Crippen molar-refractivity contribution in [3.63, 3.8) is 0 Å². The average Bonchev–Trinajstić information content (AvgIpc) is 2.73. The summed E-state index contributed by atoms with van der Waals surface area (Å²) >= 11 is 12.1. The first kappa shape index (κ1) is 25.8. The summed E-state index contributed by atoms with van der Waals surface area (Å²) < 4.78 is 53.1. The van der Waals surface area contributed by atoms with Crippen LogP contribution in [0.1, 0.15) is 5.56 Å². The van der Waals surface area contributed by atoms with Crippen LogP contribution in [0.2, 0.25) is 10.0 Å². The minimum atomic E-state index is -3.86. The Labute approximate surface area is 208 Å². The minimum absolute atomic E-state index is 0.00180. The maximum absolute atomic E-state index is 12.6. The predicted octanol–water partition coefficient (Wildman–Crippen LogP) is 4.51. The molecule has 34 heavy (non-hydrogen) atoms. The summed E-state index contributed by atoms with van der Waals surface area (Å²) in [5, 5.41) is 2.69. The Morgan fingerprint density at radius 3 is 2.18 bits per heavy atom. The van der Waals surface area contributed by atoms with E-state index < -0.39 is 32.5 Å². The average molecular weight is 542 g/mol. The molecule has 180 valence electrons. The first-order valence-electron chi connectivity index (χ1n) is 9.78. The van der Waals surface area contributed by atoms with Gasteiger partial charge in [0.25, 0.3) is 10.0 Å². The molecular formula is C22H21Cl2N3O5S2. The van der Waals surface area contributed by atoms with Gasteiger partial charge in [0.1, 0.15) is 6.54 Å². The van der Waals surface area contributed by atoms with Crippen LogP contribution in [-0.2, 0) is 24.8 Å². The molecule has 0 spiro atoms. The van der Waals surface area contributed by atoms with Crippen molar-refractivity contribution >= 4 is 66.2 Å². The van der Waals surface area contributed by atoms with Gasteiger partial charge in [-0.3, -0.25) is 13.8 Å². The van der Waals surface area contributed by atoms with Gasteiger partial charge < -0.3 is 5.32 Å². The lowest BCUT2D eigenvalue weighted by Crippen LogP contribution is -2.37. The molecule has 3 aromatic rings. The topological polar surface area (TPSA) is 113 Å². The zero-order valence-electron chi connectivity index (χ0n) is 18.1. The molecule has 3 aromatic carbocycles. The highest BCUT2D eigenvalue weighted by atomic mass is 35.5. The number of amides is 1. The Morgan fingerprint density at radius 1 is 0.912 bits per heavy atom. The van der Waals surface area contributed by atoms with Gasteiger partial charge in [0.05, 0.1) is 26.9 Å². The normalized spacial score (nSPS) is 11.6. The minimum Gasteiger partial charge on any atom is -0.325 e. The van der Waals surface area contributed by atoms with Gasteiger partial charge in [0.15, 0.2) is 0 Å². The molecule has 8 nitrogen and oxygen atoms in total. The van der Waals surface area contributed by atoms with E-state index in [1.807, 2.05) is 13.0 Å². The molecule has 2 N–H and O–H groups in total. The number of nitrogens with one attached hydrogen (secondary N) is 2.